The molecule has 4 atom stereocenters. The van der Waals surface area contributed by atoms with Gasteiger partial charge in [-0.05, 0) is 73.1 Å². The number of rotatable bonds is 2. The molecule has 0 spiro atoms. The van der Waals surface area contributed by atoms with E-state index in [2.05, 4.69) is 11.1 Å². The van der Waals surface area contributed by atoms with Gasteiger partial charge >= 0.3 is 10.4 Å². The Hall–Kier alpha value is -1.40. The van der Waals surface area contributed by atoms with Crippen molar-refractivity contribution in [2.75, 3.05) is 0 Å². The summed E-state index contributed by atoms with van der Waals surface area (Å²) in [6, 6.07) is 5.28. The van der Waals surface area contributed by atoms with Crippen LogP contribution in [0.5, 0.6) is 5.75 Å². The van der Waals surface area contributed by atoms with Crippen LogP contribution in [0.2, 0.25) is 0 Å². The summed E-state index contributed by atoms with van der Waals surface area (Å²) in [5.41, 5.74) is 2.23. The smallest absolute Gasteiger partial charge is 0.362 e. The zero-order valence-corrected chi connectivity index (χ0v) is 14.5. The van der Waals surface area contributed by atoms with E-state index in [1.54, 1.807) is 12.1 Å². The molecule has 2 saturated carbocycles. The minimum Gasteiger partial charge on any atom is -0.362 e. The van der Waals surface area contributed by atoms with Crippen molar-refractivity contribution in [1.29, 1.82) is 0 Å². The highest BCUT2D eigenvalue weighted by Crippen LogP contribution is 2.59. The predicted octanol–water partition coefficient (Wildman–Crippen LogP) is 3.29. The molecule has 0 heterocycles. The third-order valence-corrected chi connectivity index (χ3v) is 7.01. The van der Waals surface area contributed by atoms with Gasteiger partial charge in [0.15, 0.2) is 0 Å². The summed E-state index contributed by atoms with van der Waals surface area (Å²) in [7, 11) is -4.49. The van der Waals surface area contributed by atoms with Gasteiger partial charge < -0.3 is 4.18 Å². The first-order chi connectivity index (χ1) is 11.3. The first-order valence-corrected chi connectivity index (χ1v) is 9.97. The Morgan fingerprint density at radius 2 is 2.00 bits per heavy atom. The average Bonchev–Trinajstić information content (AvgIpc) is 2.81. The Kier molecular flexibility index (Phi) is 3.55. The van der Waals surface area contributed by atoms with Gasteiger partial charge in [-0.15, -0.1) is 0 Å². The maximum Gasteiger partial charge on any atom is 0.446 e. The number of fused-ring (bicyclic) bond motifs is 5. The Labute approximate surface area is 142 Å². The van der Waals surface area contributed by atoms with Gasteiger partial charge in [0, 0.05) is 11.8 Å². The number of aryl methyl sites for hydroxylation is 1. The highest BCUT2D eigenvalue weighted by molar-refractivity contribution is 7.81. The van der Waals surface area contributed by atoms with Crippen molar-refractivity contribution in [3.8, 4) is 5.75 Å². The molecule has 0 aliphatic heterocycles. The minimum absolute atomic E-state index is 0.132. The lowest BCUT2D eigenvalue weighted by molar-refractivity contribution is -0.129. The van der Waals surface area contributed by atoms with E-state index in [0.29, 0.717) is 23.5 Å². The molecule has 3 aliphatic carbocycles. The van der Waals surface area contributed by atoms with E-state index in [4.69, 9.17) is 4.55 Å². The summed E-state index contributed by atoms with van der Waals surface area (Å²) in [6.07, 6.45) is 5.57. The van der Waals surface area contributed by atoms with Crippen molar-refractivity contribution in [3.63, 3.8) is 0 Å². The molecule has 0 amide bonds. The van der Waals surface area contributed by atoms with Gasteiger partial charge in [0.1, 0.15) is 11.5 Å². The molecule has 0 aromatic heterocycles. The van der Waals surface area contributed by atoms with E-state index in [0.717, 1.165) is 44.1 Å². The fraction of sp³-hybridized carbons (Fsp3) is 0.611. The number of carbonyl (C=O) groups excluding carboxylic acids is 1. The molecule has 1 N–H and O–H groups in total. The maximum absolute atomic E-state index is 12.3. The third-order valence-electron chi connectivity index (χ3n) is 6.61. The normalized spacial score (nSPS) is 35.1. The molecule has 2 fully saturated rings. The molecule has 3 aliphatic rings. The lowest BCUT2D eigenvalue weighted by atomic mass is 9.55. The van der Waals surface area contributed by atoms with Crippen LogP contribution in [0.1, 0.15) is 56.1 Å². The fourth-order valence-electron chi connectivity index (χ4n) is 5.50. The highest BCUT2D eigenvalue weighted by atomic mass is 32.3. The summed E-state index contributed by atoms with van der Waals surface area (Å²) >= 11 is 0. The largest absolute Gasteiger partial charge is 0.446 e. The van der Waals surface area contributed by atoms with Crippen molar-refractivity contribution in [2.24, 2.45) is 17.3 Å². The van der Waals surface area contributed by atoms with Crippen LogP contribution in [0.3, 0.4) is 0 Å². The van der Waals surface area contributed by atoms with Gasteiger partial charge in [0.05, 0.1) is 0 Å². The van der Waals surface area contributed by atoms with Gasteiger partial charge in [-0.2, -0.15) is 8.42 Å². The van der Waals surface area contributed by atoms with Gasteiger partial charge in [-0.3, -0.25) is 9.35 Å². The number of carbonyl (C=O) groups is 1. The van der Waals surface area contributed by atoms with E-state index in [9.17, 15) is 13.2 Å². The second kappa shape index (κ2) is 5.30. The first-order valence-electron chi connectivity index (χ1n) is 8.61. The van der Waals surface area contributed by atoms with E-state index in [1.165, 1.54) is 5.56 Å². The number of hydrogen-bond donors (Lipinski definition) is 1. The fourth-order valence-corrected chi connectivity index (χ4v) is 5.85. The second-order valence-electron chi connectivity index (χ2n) is 7.71. The lowest BCUT2D eigenvalue weighted by Gasteiger charge is -2.48. The van der Waals surface area contributed by atoms with Crippen molar-refractivity contribution in [2.45, 2.75) is 51.4 Å². The molecular formula is C18H22O5S. The SMILES string of the molecule is CC12CC[C@@H]3c4ccc(OS(=O)(=O)O)cc4CC[C@H]3[C@@H]1CCC2=O. The Morgan fingerprint density at radius 1 is 1.21 bits per heavy atom. The van der Waals surface area contributed by atoms with E-state index >= 15 is 0 Å². The summed E-state index contributed by atoms with van der Waals surface area (Å²) in [5.74, 6) is 2.05. The Morgan fingerprint density at radius 3 is 2.75 bits per heavy atom. The molecule has 4 rings (SSSR count). The van der Waals surface area contributed by atoms with Gasteiger partial charge in [-0.25, -0.2) is 0 Å². The Bertz CT molecular complexity index is 800. The molecule has 6 heteroatoms. The zero-order chi connectivity index (χ0) is 17.1. The zero-order valence-electron chi connectivity index (χ0n) is 13.7. The third kappa shape index (κ3) is 2.47. The van der Waals surface area contributed by atoms with Crippen LogP contribution in [0.4, 0.5) is 0 Å². The molecule has 1 aromatic carbocycles. The van der Waals surface area contributed by atoms with Crippen LogP contribution in [0.15, 0.2) is 18.2 Å². The summed E-state index contributed by atoms with van der Waals surface area (Å²) in [6.45, 7) is 2.15. The number of ketones is 1. The second-order valence-corrected chi connectivity index (χ2v) is 8.73. The van der Waals surface area contributed by atoms with Crippen LogP contribution in [0.25, 0.3) is 0 Å². The average molecular weight is 350 g/mol. The molecule has 0 saturated heterocycles. The quantitative estimate of drug-likeness (QED) is 0.828. The molecule has 5 nitrogen and oxygen atoms in total. The van der Waals surface area contributed by atoms with Crippen LogP contribution in [-0.2, 0) is 21.6 Å². The van der Waals surface area contributed by atoms with Gasteiger partial charge in [0.25, 0.3) is 0 Å². The van der Waals surface area contributed by atoms with Crippen molar-refractivity contribution in [3.05, 3.63) is 29.3 Å². The highest BCUT2D eigenvalue weighted by Gasteiger charge is 2.54. The van der Waals surface area contributed by atoms with Gasteiger partial charge in [0.2, 0.25) is 0 Å². The van der Waals surface area contributed by atoms with E-state index in [1.807, 2.05) is 6.07 Å². The molecular weight excluding hydrogens is 328 g/mol. The summed E-state index contributed by atoms with van der Waals surface area (Å²) < 4.78 is 35.2. The van der Waals surface area contributed by atoms with Crippen molar-refractivity contribution >= 4 is 16.2 Å². The lowest BCUT2D eigenvalue weighted by Crippen LogP contribution is -2.42. The van der Waals surface area contributed by atoms with Crippen LogP contribution in [0, 0.1) is 17.3 Å². The van der Waals surface area contributed by atoms with Crippen molar-refractivity contribution < 1.29 is 21.9 Å². The van der Waals surface area contributed by atoms with E-state index in [-0.39, 0.29) is 11.2 Å². The molecule has 0 bridgehead atoms. The molecule has 1 unspecified atom stereocenters. The van der Waals surface area contributed by atoms with Crippen LogP contribution in [-0.4, -0.2) is 18.8 Å². The number of benzene rings is 1. The summed E-state index contributed by atoms with van der Waals surface area (Å²) in [5, 5.41) is 0. The maximum atomic E-state index is 12.3. The number of Topliss-reactive ketones (excluding diaryl/α,β-unsaturated/α-hetero) is 1. The topological polar surface area (TPSA) is 80.7 Å². The van der Waals surface area contributed by atoms with E-state index < -0.39 is 10.4 Å². The molecule has 1 aromatic rings. The predicted molar refractivity (Wildman–Crippen MR) is 88.2 cm³/mol. The standard InChI is InChI=1S/C18H22O5S/c1-18-9-8-14-13-5-3-12(23-24(20,21)22)10-11(13)2-4-15(14)16(18)6-7-17(18)19/h3,5,10,14-16H,2,4,6-9H2,1H3,(H,20,21,22)/t14-,15-,16+,18?/m1/s1. The monoisotopic (exact) mass is 350 g/mol. The number of hydrogen-bond acceptors (Lipinski definition) is 4. The van der Waals surface area contributed by atoms with Gasteiger partial charge in [-0.1, -0.05) is 13.0 Å². The van der Waals surface area contributed by atoms with Crippen molar-refractivity contribution in [1.82, 2.24) is 0 Å². The first kappa shape index (κ1) is 16.1. The molecule has 0 radical (unpaired) electrons. The minimum atomic E-state index is -4.49. The summed E-state index contributed by atoms with van der Waals surface area (Å²) in [4.78, 5) is 12.3. The van der Waals surface area contributed by atoms with Crippen LogP contribution < -0.4 is 4.18 Å². The Balaban J connectivity index is 1.65. The molecule has 24 heavy (non-hydrogen) atoms. The molecule has 130 valence electrons. The van der Waals surface area contributed by atoms with Crippen LogP contribution >= 0.6 is 0 Å².